The number of morpholine rings is 1. The quantitative estimate of drug-likeness (QED) is 0.844. The van der Waals surface area contributed by atoms with Gasteiger partial charge in [0, 0.05) is 31.1 Å². The van der Waals surface area contributed by atoms with Gasteiger partial charge < -0.3 is 15.2 Å². The molecule has 1 aromatic heterocycles. The first kappa shape index (κ1) is 16.1. The van der Waals surface area contributed by atoms with Gasteiger partial charge in [-0.05, 0) is 18.6 Å². The summed E-state index contributed by atoms with van der Waals surface area (Å²) in [5.41, 5.74) is 0.855. The van der Waals surface area contributed by atoms with Crippen molar-refractivity contribution >= 4 is 16.7 Å². The molecule has 0 bridgehead atoms. The molecule has 2 aromatic rings. The summed E-state index contributed by atoms with van der Waals surface area (Å²) in [6.07, 6.45) is 1.07. The Kier molecular flexibility index (Phi) is 5.38. The van der Waals surface area contributed by atoms with Crippen LogP contribution < -0.4 is 5.32 Å². The van der Waals surface area contributed by atoms with E-state index < -0.39 is 0 Å². The molecule has 0 saturated carbocycles. The van der Waals surface area contributed by atoms with Crippen LogP contribution in [0.25, 0.3) is 10.9 Å². The van der Waals surface area contributed by atoms with Gasteiger partial charge in [0.2, 0.25) is 0 Å². The zero-order valence-corrected chi connectivity index (χ0v) is 13.5. The maximum Gasteiger partial charge on any atom is 0.156 e. The molecule has 23 heavy (non-hydrogen) atoms. The van der Waals surface area contributed by atoms with Crippen LogP contribution in [0.4, 0.5) is 5.82 Å². The minimum Gasteiger partial charge on any atom is -0.388 e. The molecule has 0 spiro atoms. The highest BCUT2D eigenvalue weighted by atomic mass is 16.5. The lowest BCUT2D eigenvalue weighted by molar-refractivity contribution is 0.0184. The number of aliphatic hydroxyl groups excluding tert-OH is 1. The van der Waals surface area contributed by atoms with Crippen molar-refractivity contribution in [2.45, 2.75) is 26.0 Å². The average Bonchev–Trinajstić information content (AvgIpc) is 2.62. The fourth-order valence-electron chi connectivity index (χ4n) is 3.02. The largest absolute Gasteiger partial charge is 0.388 e. The van der Waals surface area contributed by atoms with Gasteiger partial charge in [-0.3, -0.25) is 4.90 Å². The minimum absolute atomic E-state index is 0.153. The van der Waals surface area contributed by atoms with E-state index >= 15 is 0 Å². The van der Waals surface area contributed by atoms with E-state index in [1.165, 1.54) is 0 Å². The van der Waals surface area contributed by atoms with Crippen LogP contribution in [0, 0.1) is 0 Å². The van der Waals surface area contributed by atoms with E-state index in [4.69, 9.17) is 4.74 Å². The number of nitrogens with zero attached hydrogens (tertiary/aromatic N) is 3. The zero-order chi connectivity index (χ0) is 16.1. The molecule has 0 amide bonds. The highest BCUT2D eigenvalue weighted by molar-refractivity contribution is 5.88. The van der Waals surface area contributed by atoms with Crippen LogP contribution in [-0.4, -0.2) is 58.9 Å². The van der Waals surface area contributed by atoms with E-state index in [2.05, 4.69) is 27.1 Å². The zero-order valence-electron chi connectivity index (χ0n) is 13.5. The smallest absolute Gasteiger partial charge is 0.156 e. The van der Waals surface area contributed by atoms with E-state index in [0.29, 0.717) is 11.9 Å². The van der Waals surface area contributed by atoms with Crippen molar-refractivity contribution in [3.8, 4) is 0 Å². The Morgan fingerprint density at radius 1 is 1.26 bits per heavy atom. The van der Waals surface area contributed by atoms with Gasteiger partial charge in [0.1, 0.15) is 12.4 Å². The van der Waals surface area contributed by atoms with Gasteiger partial charge in [0.25, 0.3) is 0 Å². The molecule has 1 aromatic carbocycles. The van der Waals surface area contributed by atoms with Crippen LogP contribution >= 0.6 is 0 Å². The number of rotatable bonds is 6. The van der Waals surface area contributed by atoms with Crippen molar-refractivity contribution in [3.63, 3.8) is 0 Å². The number of nitrogens with one attached hydrogen (secondary N) is 1. The molecular weight excluding hydrogens is 292 g/mol. The van der Waals surface area contributed by atoms with E-state index in [1.54, 1.807) is 0 Å². The monoisotopic (exact) mass is 316 g/mol. The molecule has 2 heterocycles. The summed E-state index contributed by atoms with van der Waals surface area (Å²) in [7, 11) is 0. The lowest BCUT2D eigenvalue weighted by Gasteiger charge is -2.34. The van der Waals surface area contributed by atoms with Gasteiger partial charge in [-0.2, -0.15) is 0 Å². The first-order valence-electron chi connectivity index (χ1n) is 8.24. The predicted octanol–water partition coefficient (Wildman–Crippen LogP) is 1.64. The van der Waals surface area contributed by atoms with Crippen LogP contribution in [0.2, 0.25) is 0 Å². The van der Waals surface area contributed by atoms with Gasteiger partial charge in [0.15, 0.2) is 5.82 Å². The van der Waals surface area contributed by atoms with Crippen LogP contribution in [0.3, 0.4) is 0 Å². The summed E-state index contributed by atoms with van der Waals surface area (Å²) < 4.78 is 5.43. The number of hydrogen-bond acceptors (Lipinski definition) is 6. The van der Waals surface area contributed by atoms with E-state index in [1.807, 2.05) is 24.3 Å². The van der Waals surface area contributed by atoms with Crippen LogP contribution in [0.15, 0.2) is 24.3 Å². The fourth-order valence-corrected chi connectivity index (χ4v) is 3.02. The number of ether oxygens (including phenoxy) is 1. The molecule has 6 heteroatoms. The summed E-state index contributed by atoms with van der Waals surface area (Å²) in [4.78, 5) is 11.3. The summed E-state index contributed by atoms with van der Waals surface area (Å²) >= 11 is 0. The van der Waals surface area contributed by atoms with Gasteiger partial charge in [0.05, 0.1) is 18.7 Å². The highest BCUT2D eigenvalue weighted by Gasteiger charge is 2.19. The molecule has 1 aliphatic heterocycles. The van der Waals surface area contributed by atoms with Crippen molar-refractivity contribution in [1.82, 2.24) is 14.9 Å². The maximum atomic E-state index is 9.37. The third-order valence-electron chi connectivity index (χ3n) is 4.33. The second-order valence-electron chi connectivity index (χ2n) is 5.76. The molecule has 0 radical (unpaired) electrons. The average molecular weight is 316 g/mol. The Morgan fingerprint density at radius 2 is 2.04 bits per heavy atom. The summed E-state index contributed by atoms with van der Waals surface area (Å²) in [5.74, 6) is 1.25. The number of aliphatic hydroxyl groups is 1. The predicted molar refractivity (Wildman–Crippen MR) is 90.4 cm³/mol. The number of benzene rings is 1. The minimum atomic E-state index is -0.153. The van der Waals surface area contributed by atoms with Gasteiger partial charge in [-0.25, -0.2) is 9.97 Å². The molecule has 0 aliphatic carbocycles. The van der Waals surface area contributed by atoms with Crippen molar-refractivity contribution in [2.75, 3.05) is 38.2 Å². The second kappa shape index (κ2) is 7.68. The molecule has 6 nitrogen and oxygen atoms in total. The molecule has 3 rings (SSSR count). The fraction of sp³-hybridized carbons (Fsp3) is 0.529. The first-order chi connectivity index (χ1) is 11.3. The van der Waals surface area contributed by atoms with E-state index in [9.17, 15) is 5.11 Å². The standard InChI is InChI=1S/C17H24N4O2/c1-2-13(21-7-9-23-10-8-21)11-18-17-14-5-3-4-6-15(14)19-16(12-22)20-17/h3-6,13,22H,2,7-12H2,1H3,(H,18,19,20). The lowest BCUT2D eigenvalue weighted by Crippen LogP contribution is -2.46. The molecule has 1 fully saturated rings. The SMILES string of the molecule is CCC(CNc1nc(CO)nc2ccccc12)N1CCOCC1. The van der Waals surface area contributed by atoms with Gasteiger partial charge in [-0.15, -0.1) is 0 Å². The summed E-state index contributed by atoms with van der Waals surface area (Å²) in [5, 5.41) is 13.8. The number of para-hydroxylation sites is 1. The first-order valence-corrected chi connectivity index (χ1v) is 8.24. The lowest BCUT2D eigenvalue weighted by atomic mass is 10.1. The van der Waals surface area contributed by atoms with E-state index in [-0.39, 0.29) is 6.61 Å². The molecule has 1 saturated heterocycles. The van der Waals surface area contributed by atoms with Crippen LogP contribution in [0.1, 0.15) is 19.2 Å². The Balaban J connectivity index is 1.77. The number of hydrogen-bond donors (Lipinski definition) is 2. The Hall–Kier alpha value is -1.76. The van der Waals surface area contributed by atoms with Crippen molar-refractivity contribution in [3.05, 3.63) is 30.1 Å². The Bertz CT molecular complexity index is 644. The molecule has 1 atom stereocenters. The number of anilines is 1. The molecule has 1 aliphatic rings. The van der Waals surface area contributed by atoms with Crippen LogP contribution in [-0.2, 0) is 11.3 Å². The Labute approximate surface area is 136 Å². The maximum absolute atomic E-state index is 9.37. The van der Waals surface area contributed by atoms with Gasteiger partial charge in [-0.1, -0.05) is 19.1 Å². The van der Waals surface area contributed by atoms with Crippen LogP contribution in [0.5, 0.6) is 0 Å². The number of fused-ring (bicyclic) bond motifs is 1. The topological polar surface area (TPSA) is 70.5 Å². The normalized spacial score (nSPS) is 17.3. The molecular formula is C17H24N4O2. The summed E-state index contributed by atoms with van der Waals surface area (Å²) in [6.45, 7) is 6.45. The van der Waals surface area contributed by atoms with Crippen molar-refractivity contribution in [2.24, 2.45) is 0 Å². The molecule has 1 unspecified atom stereocenters. The highest BCUT2D eigenvalue weighted by Crippen LogP contribution is 2.20. The van der Waals surface area contributed by atoms with Crippen molar-refractivity contribution in [1.29, 1.82) is 0 Å². The number of aromatic nitrogens is 2. The molecule has 124 valence electrons. The third-order valence-corrected chi connectivity index (χ3v) is 4.33. The van der Waals surface area contributed by atoms with Crippen molar-refractivity contribution < 1.29 is 9.84 Å². The second-order valence-corrected chi connectivity index (χ2v) is 5.76. The Morgan fingerprint density at radius 3 is 2.78 bits per heavy atom. The summed E-state index contributed by atoms with van der Waals surface area (Å²) in [6, 6.07) is 8.33. The molecule has 2 N–H and O–H groups in total. The van der Waals surface area contributed by atoms with Gasteiger partial charge >= 0.3 is 0 Å². The van der Waals surface area contributed by atoms with E-state index in [0.717, 1.165) is 56.0 Å². The third kappa shape index (κ3) is 3.77.